The number of nitrogen functional groups attached to an aromatic ring is 1. The Morgan fingerprint density at radius 3 is 2.50 bits per heavy atom. The van der Waals surface area contributed by atoms with Crippen LogP contribution in [0.3, 0.4) is 0 Å². The number of rotatable bonds is 5. The fraction of sp³-hybridized carbons (Fsp3) is 0.533. The fourth-order valence-corrected chi connectivity index (χ4v) is 2.55. The maximum absolute atomic E-state index is 12.3. The molecule has 1 amide bonds. The molecule has 0 aliphatic carbocycles. The molecule has 1 aliphatic heterocycles. The Bertz CT molecular complexity index is 498. The number of nitrogens with two attached hydrogens (primary N) is 1. The van der Waals surface area contributed by atoms with Crippen LogP contribution in [0.2, 0.25) is 0 Å². The highest BCUT2D eigenvalue weighted by atomic mass is 16.7. The number of amides is 1. The zero-order chi connectivity index (χ0) is 14.7. The molecule has 1 aromatic rings. The maximum Gasteiger partial charge on any atom is 0.253 e. The topological polar surface area (TPSA) is 73.6 Å². The van der Waals surface area contributed by atoms with Crippen LogP contribution >= 0.6 is 0 Å². The zero-order valence-electron chi connectivity index (χ0n) is 12.2. The van der Waals surface area contributed by atoms with E-state index in [1.807, 2.05) is 6.92 Å². The quantitative estimate of drug-likeness (QED) is 0.812. The minimum atomic E-state index is -0.166. The number of carbonyl (C=O) groups is 1. The molecule has 2 rings (SSSR count). The molecule has 0 spiro atoms. The van der Waals surface area contributed by atoms with E-state index in [0.717, 1.165) is 12.8 Å². The van der Waals surface area contributed by atoms with E-state index in [1.54, 1.807) is 12.1 Å². The smallest absolute Gasteiger partial charge is 0.253 e. The van der Waals surface area contributed by atoms with Gasteiger partial charge in [0, 0.05) is 17.8 Å². The molecule has 3 N–H and O–H groups in total. The van der Waals surface area contributed by atoms with Crippen molar-refractivity contribution in [2.24, 2.45) is 5.92 Å². The van der Waals surface area contributed by atoms with Gasteiger partial charge in [-0.3, -0.25) is 4.79 Å². The average molecular weight is 278 g/mol. The Hall–Kier alpha value is -1.91. The molecule has 0 saturated carbocycles. The number of ether oxygens (including phenoxy) is 2. The van der Waals surface area contributed by atoms with Crippen LogP contribution in [0.25, 0.3) is 0 Å². The summed E-state index contributed by atoms with van der Waals surface area (Å²) in [6.45, 7) is 6.46. The van der Waals surface area contributed by atoms with Crippen LogP contribution in [0.1, 0.15) is 44.0 Å². The molecular formula is C15H22N2O3. The number of fused-ring (bicyclic) bond motifs is 1. The molecule has 1 atom stereocenters. The van der Waals surface area contributed by atoms with E-state index in [-0.39, 0.29) is 18.7 Å². The molecule has 0 fully saturated rings. The average Bonchev–Trinajstić information content (AvgIpc) is 2.86. The number of benzene rings is 1. The van der Waals surface area contributed by atoms with Crippen molar-refractivity contribution in [3.05, 3.63) is 17.7 Å². The molecule has 0 aromatic heterocycles. The predicted octanol–water partition coefficient (Wildman–Crippen LogP) is 2.55. The summed E-state index contributed by atoms with van der Waals surface area (Å²) < 4.78 is 10.5. The SMILES string of the molecule is CCC(CC)C(C)NC(=O)c1cc2c(cc1N)OCO2. The highest BCUT2D eigenvalue weighted by molar-refractivity contribution is 6.00. The lowest BCUT2D eigenvalue weighted by atomic mass is 9.95. The lowest BCUT2D eigenvalue weighted by molar-refractivity contribution is 0.0925. The van der Waals surface area contributed by atoms with Gasteiger partial charge in [-0.2, -0.15) is 0 Å². The number of nitrogens with one attached hydrogen (secondary N) is 1. The highest BCUT2D eigenvalue weighted by Crippen LogP contribution is 2.35. The van der Waals surface area contributed by atoms with Gasteiger partial charge in [-0.25, -0.2) is 0 Å². The minimum Gasteiger partial charge on any atom is -0.454 e. The lowest BCUT2D eigenvalue weighted by Crippen LogP contribution is -2.38. The molecule has 1 heterocycles. The first-order valence-corrected chi connectivity index (χ1v) is 7.06. The summed E-state index contributed by atoms with van der Waals surface area (Å²) in [5, 5.41) is 3.01. The van der Waals surface area contributed by atoms with Crippen LogP contribution in [-0.2, 0) is 0 Å². The first-order valence-electron chi connectivity index (χ1n) is 7.06. The van der Waals surface area contributed by atoms with E-state index in [9.17, 15) is 4.79 Å². The van der Waals surface area contributed by atoms with Gasteiger partial charge in [0.15, 0.2) is 11.5 Å². The monoisotopic (exact) mass is 278 g/mol. The van der Waals surface area contributed by atoms with E-state index in [1.165, 1.54) is 0 Å². The third kappa shape index (κ3) is 2.81. The molecule has 1 aliphatic rings. The van der Waals surface area contributed by atoms with Gasteiger partial charge in [-0.15, -0.1) is 0 Å². The predicted molar refractivity (Wildman–Crippen MR) is 78.0 cm³/mol. The van der Waals surface area contributed by atoms with Crippen molar-refractivity contribution in [2.45, 2.75) is 39.7 Å². The van der Waals surface area contributed by atoms with Gasteiger partial charge in [-0.05, 0) is 18.9 Å². The first-order chi connectivity index (χ1) is 9.56. The molecule has 20 heavy (non-hydrogen) atoms. The summed E-state index contributed by atoms with van der Waals surface area (Å²) in [4.78, 5) is 12.3. The molecule has 0 radical (unpaired) electrons. The summed E-state index contributed by atoms with van der Waals surface area (Å²) >= 11 is 0. The number of anilines is 1. The highest BCUT2D eigenvalue weighted by Gasteiger charge is 2.22. The van der Waals surface area contributed by atoms with Gasteiger partial charge >= 0.3 is 0 Å². The Balaban J connectivity index is 2.13. The molecule has 110 valence electrons. The van der Waals surface area contributed by atoms with Crippen LogP contribution in [0.4, 0.5) is 5.69 Å². The van der Waals surface area contributed by atoms with Gasteiger partial charge in [0.1, 0.15) is 0 Å². The van der Waals surface area contributed by atoms with Gasteiger partial charge in [0.25, 0.3) is 5.91 Å². The van der Waals surface area contributed by atoms with Crippen molar-refractivity contribution in [1.82, 2.24) is 5.32 Å². The zero-order valence-corrected chi connectivity index (χ0v) is 12.2. The van der Waals surface area contributed by atoms with Crippen LogP contribution in [0.5, 0.6) is 11.5 Å². The van der Waals surface area contributed by atoms with Crippen molar-refractivity contribution in [3.8, 4) is 11.5 Å². The second-order valence-corrected chi connectivity index (χ2v) is 5.13. The molecule has 5 nitrogen and oxygen atoms in total. The number of carbonyl (C=O) groups excluding carboxylic acids is 1. The number of hydrogen-bond acceptors (Lipinski definition) is 4. The van der Waals surface area contributed by atoms with Gasteiger partial charge in [-0.1, -0.05) is 26.7 Å². The summed E-state index contributed by atoms with van der Waals surface area (Å²) in [5.74, 6) is 1.46. The van der Waals surface area contributed by atoms with E-state index >= 15 is 0 Å². The normalized spacial score (nSPS) is 14.4. The van der Waals surface area contributed by atoms with Gasteiger partial charge in [0.05, 0.1) is 5.56 Å². The summed E-state index contributed by atoms with van der Waals surface area (Å²) in [7, 11) is 0. The minimum absolute atomic E-state index is 0.113. The standard InChI is InChI=1S/C15H22N2O3/c1-4-10(5-2)9(3)17-15(18)11-6-13-14(7-12(11)16)20-8-19-13/h6-7,9-10H,4-5,8,16H2,1-3H3,(H,17,18). The van der Waals surface area contributed by atoms with Crippen molar-refractivity contribution < 1.29 is 14.3 Å². The Morgan fingerprint density at radius 1 is 1.30 bits per heavy atom. The summed E-state index contributed by atoms with van der Waals surface area (Å²) in [5.41, 5.74) is 6.76. The second-order valence-electron chi connectivity index (χ2n) is 5.13. The van der Waals surface area contributed by atoms with Gasteiger partial charge in [0.2, 0.25) is 6.79 Å². The van der Waals surface area contributed by atoms with E-state index in [0.29, 0.717) is 28.7 Å². The van der Waals surface area contributed by atoms with E-state index < -0.39 is 0 Å². The second kappa shape index (κ2) is 6.03. The van der Waals surface area contributed by atoms with Crippen LogP contribution in [0, 0.1) is 5.92 Å². The van der Waals surface area contributed by atoms with E-state index in [4.69, 9.17) is 15.2 Å². The number of hydrogen-bond donors (Lipinski definition) is 2. The summed E-state index contributed by atoms with van der Waals surface area (Å²) in [6.07, 6.45) is 2.07. The van der Waals surface area contributed by atoms with Gasteiger partial charge < -0.3 is 20.5 Å². The van der Waals surface area contributed by atoms with E-state index in [2.05, 4.69) is 19.2 Å². The Morgan fingerprint density at radius 2 is 1.90 bits per heavy atom. The molecule has 5 heteroatoms. The van der Waals surface area contributed by atoms with Crippen molar-refractivity contribution in [2.75, 3.05) is 12.5 Å². The van der Waals surface area contributed by atoms with Crippen molar-refractivity contribution >= 4 is 11.6 Å². The summed E-state index contributed by atoms with van der Waals surface area (Å²) in [6, 6.07) is 3.40. The van der Waals surface area contributed by atoms with Crippen LogP contribution in [0.15, 0.2) is 12.1 Å². The third-order valence-electron chi connectivity index (χ3n) is 3.90. The molecule has 0 bridgehead atoms. The van der Waals surface area contributed by atoms with Crippen LogP contribution in [-0.4, -0.2) is 18.7 Å². The molecule has 1 aromatic carbocycles. The maximum atomic E-state index is 12.3. The fourth-order valence-electron chi connectivity index (χ4n) is 2.55. The van der Waals surface area contributed by atoms with Crippen molar-refractivity contribution in [3.63, 3.8) is 0 Å². The lowest BCUT2D eigenvalue weighted by Gasteiger charge is -2.22. The first kappa shape index (κ1) is 14.5. The third-order valence-corrected chi connectivity index (χ3v) is 3.90. The molecule has 0 saturated heterocycles. The van der Waals surface area contributed by atoms with Crippen molar-refractivity contribution in [1.29, 1.82) is 0 Å². The molecular weight excluding hydrogens is 256 g/mol. The largest absolute Gasteiger partial charge is 0.454 e. The Kier molecular flexibility index (Phi) is 4.37. The van der Waals surface area contributed by atoms with Crippen LogP contribution < -0.4 is 20.5 Å². The molecule has 1 unspecified atom stereocenters. The Labute approximate surface area is 119 Å².